The molecule has 0 saturated carbocycles. The molecule has 2 aromatic rings. The molecule has 0 spiro atoms. The average molecular weight is 288 g/mol. The molecule has 1 aliphatic rings. The fraction of sp³-hybridized carbons (Fsp3) is 0.214. The first-order valence-electron chi connectivity index (χ1n) is 6.37. The molecule has 0 fully saturated rings. The van der Waals surface area contributed by atoms with Crippen LogP contribution in [0.2, 0.25) is 0 Å². The van der Waals surface area contributed by atoms with Gasteiger partial charge in [0.05, 0.1) is 12.9 Å². The zero-order valence-electron chi connectivity index (χ0n) is 10.9. The number of rotatable bonds is 4. The summed E-state index contributed by atoms with van der Waals surface area (Å²) in [6, 6.07) is 6.53. The number of hydrogen-bond acceptors (Lipinski definition) is 6. The van der Waals surface area contributed by atoms with Gasteiger partial charge >= 0.3 is 5.97 Å². The number of fused-ring (bicyclic) bond motifs is 1. The average Bonchev–Trinajstić information content (AvgIpc) is 3.02. The largest absolute Gasteiger partial charge is 0.477 e. The van der Waals surface area contributed by atoms with E-state index in [1.807, 2.05) is 0 Å². The lowest BCUT2D eigenvalue weighted by atomic mass is 10.2. The number of aromatic nitrogens is 1. The molecule has 1 amide bonds. The number of furan rings is 1. The Balaban J connectivity index is 1.54. The Morgan fingerprint density at radius 1 is 1.38 bits per heavy atom. The van der Waals surface area contributed by atoms with Crippen LogP contribution in [0.5, 0.6) is 5.75 Å². The molecular weight excluding hydrogens is 276 g/mol. The topological polar surface area (TPSA) is 90.7 Å². The van der Waals surface area contributed by atoms with Gasteiger partial charge in [0.25, 0.3) is 5.91 Å². The van der Waals surface area contributed by atoms with Gasteiger partial charge in [-0.05, 0) is 24.3 Å². The van der Waals surface area contributed by atoms with Crippen LogP contribution in [0.15, 0.2) is 41.1 Å². The van der Waals surface area contributed by atoms with E-state index in [4.69, 9.17) is 13.9 Å². The molecule has 0 bridgehead atoms. The van der Waals surface area contributed by atoms with Gasteiger partial charge in [-0.1, -0.05) is 0 Å². The molecule has 7 nitrogen and oxygen atoms in total. The van der Waals surface area contributed by atoms with Gasteiger partial charge in [-0.25, -0.2) is 9.78 Å². The number of esters is 1. The molecule has 3 heterocycles. The van der Waals surface area contributed by atoms with Crippen LogP contribution in [-0.4, -0.2) is 29.6 Å². The van der Waals surface area contributed by atoms with E-state index in [0.717, 1.165) is 0 Å². The standard InChI is InChI=1S/C14H12N2O5/c17-13-10(21-9-3-1-6-15-12(9)16-13)5-8-20-14(18)11-4-2-7-19-11/h1-4,6-7,10H,5,8H2,(H,15,16,17). The number of nitrogens with one attached hydrogen (secondary N) is 1. The van der Waals surface area contributed by atoms with Crippen LogP contribution in [0.4, 0.5) is 5.82 Å². The predicted octanol–water partition coefficient (Wildman–Crippen LogP) is 1.62. The lowest BCUT2D eigenvalue weighted by Crippen LogP contribution is -2.38. The highest BCUT2D eigenvalue weighted by molar-refractivity contribution is 5.96. The fourth-order valence-corrected chi connectivity index (χ4v) is 1.90. The third-order valence-electron chi connectivity index (χ3n) is 2.91. The van der Waals surface area contributed by atoms with Gasteiger partial charge in [-0.2, -0.15) is 0 Å². The smallest absolute Gasteiger partial charge is 0.374 e. The van der Waals surface area contributed by atoms with Crippen LogP contribution in [0.1, 0.15) is 17.0 Å². The number of anilines is 1. The third-order valence-corrected chi connectivity index (χ3v) is 2.91. The summed E-state index contributed by atoms with van der Waals surface area (Å²) in [4.78, 5) is 27.4. The van der Waals surface area contributed by atoms with E-state index in [-0.39, 0.29) is 24.7 Å². The molecule has 7 heteroatoms. The second kappa shape index (κ2) is 5.66. The highest BCUT2D eigenvalue weighted by Gasteiger charge is 2.28. The van der Waals surface area contributed by atoms with Crippen molar-refractivity contribution < 1.29 is 23.5 Å². The van der Waals surface area contributed by atoms with Crippen LogP contribution in [0.3, 0.4) is 0 Å². The molecule has 0 aliphatic carbocycles. The van der Waals surface area contributed by atoms with Crippen LogP contribution in [0.25, 0.3) is 0 Å². The number of carbonyl (C=O) groups is 2. The van der Waals surface area contributed by atoms with E-state index < -0.39 is 12.1 Å². The zero-order chi connectivity index (χ0) is 14.7. The lowest BCUT2D eigenvalue weighted by Gasteiger charge is -2.24. The van der Waals surface area contributed by atoms with Crippen molar-refractivity contribution in [2.45, 2.75) is 12.5 Å². The lowest BCUT2D eigenvalue weighted by molar-refractivity contribution is -0.124. The minimum absolute atomic E-state index is 0.0488. The molecule has 1 N–H and O–H groups in total. The van der Waals surface area contributed by atoms with Gasteiger partial charge in [0.1, 0.15) is 0 Å². The molecule has 3 rings (SSSR count). The molecule has 2 aromatic heterocycles. The summed E-state index contributed by atoms with van der Waals surface area (Å²) in [6.07, 6.45) is 2.48. The minimum Gasteiger partial charge on any atom is -0.477 e. The minimum atomic E-state index is -0.717. The van der Waals surface area contributed by atoms with Gasteiger partial charge in [0.15, 0.2) is 17.7 Å². The van der Waals surface area contributed by atoms with Crippen molar-refractivity contribution in [3.05, 3.63) is 42.5 Å². The number of hydrogen-bond donors (Lipinski definition) is 1. The predicted molar refractivity (Wildman–Crippen MR) is 70.9 cm³/mol. The Hall–Kier alpha value is -2.83. The van der Waals surface area contributed by atoms with E-state index in [2.05, 4.69) is 10.3 Å². The summed E-state index contributed by atoms with van der Waals surface area (Å²) in [5.74, 6) is 0.137. The van der Waals surface area contributed by atoms with E-state index in [9.17, 15) is 9.59 Å². The summed E-state index contributed by atoms with van der Waals surface area (Å²) in [5, 5.41) is 2.64. The Morgan fingerprint density at radius 3 is 3.10 bits per heavy atom. The van der Waals surface area contributed by atoms with Crippen LogP contribution >= 0.6 is 0 Å². The van der Waals surface area contributed by atoms with Gasteiger partial charge in [-0.15, -0.1) is 0 Å². The van der Waals surface area contributed by atoms with Gasteiger partial charge in [0.2, 0.25) is 5.76 Å². The fourth-order valence-electron chi connectivity index (χ4n) is 1.90. The molecule has 0 aromatic carbocycles. The van der Waals surface area contributed by atoms with E-state index in [0.29, 0.717) is 11.6 Å². The normalized spacial score (nSPS) is 16.6. The molecule has 21 heavy (non-hydrogen) atoms. The first kappa shape index (κ1) is 13.2. The molecule has 0 saturated heterocycles. The highest BCUT2D eigenvalue weighted by Crippen LogP contribution is 2.27. The van der Waals surface area contributed by atoms with Crippen molar-refractivity contribution in [2.75, 3.05) is 11.9 Å². The Labute approximate surface area is 119 Å². The second-order valence-corrected chi connectivity index (χ2v) is 4.35. The van der Waals surface area contributed by atoms with Crippen molar-refractivity contribution in [1.29, 1.82) is 0 Å². The monoisotopic (exact) mass is 288 g/mol. The third kappa shape index (κ3) is 2.86. The number of nitrogens with zero attached hydrogens (tertiary/aromatic N) is 1. The number of pyridine rings is 1. The Morgan fingerprint density at radius 2 is 2.29 bits per heavy atom. The number of carbonyl (C=O) groups excluding carboxylic acids is 2. The van der Waals surface area contributed by atoms with Gasteiger partial charge in [-0.3, -0.25) is 4.79 Å². The molecule has 1 atom stereocenters. The van der Waals surface area contributed by atoms with Crippen molar-refractivity contribution in [3.63, 3.8) is 0 Å². The maximum absolute atomic E-state index is 11.8. The Kier molecular flexibility index (Phi) is 3.55. The summed E-state index contributed by atoms with van der Waals surface area (Å²) in [7, 11) is 0. The number of ether oxygens (including phenoxy) is 2. The van der Waals surface area contributed by atoms with Gasteiger partial charge < -0.3 is 19.2 Å². The quantitative estimate of drug-likeness (QED) is 0.860. The molecular formula is C14H12N2O5. The summed E-state index contributed by atoms with van der Waals surface area (Å²) in [5.41, 5.74) is 0. The first-order chi connectivity index (χ1) is 10.2. The van der Waals surface area contributed by atoms with Crippen molar-refractivity contribution in [2.24, 2.45) is 0 Å². The molecule has 1 unspecified atom stereocenters. The van der Waals surface area contributed by atoms with E-state index in [1.165, 1.54) is 12.3 Å². The van der Waals surface area contributed by atoms with E-state index >= 15 is 0 Å². The van der Waals surface area contributed by atoms with Crippen molar-refractivity contribution in [3.8, 4) is 5.75 Å². The first-order valence-corrected chi connectivity index (χ1v) is 6.37. The Bertz CT molecular complexity index is 653. The SMILES string of the molecule is O=C(OCCC1Oc2cccnc2NC1=O)c1ccco1. The summed E-state index contributed by atoms with van der Waals surface area (Å²) >= 11 is 0. The molecule has 0 radical (unpaired) electrons. The maximum Gasteiger partial charge on any atom is 0.374 e. The molecule has 108 valence electrons. The van der Waals surface area contributed by atoms with Crippen molar-refractivity contribution >= 4 is 17.7 Å². The van der Waals surface area contributed by atoms with Crippen molar-refractivity contribution in [1.82, 2.24) is 4.98 Å². The number of amides is 1. The van der Waals surface area contributed by atoms with Crippen LogP contribution < -0.4 is 10.1 Å². The van der Waals surface area contributed by atoms with E-state index in [1.54, 1.807) is 24.4 Å². The summed E-state index contributed by atoms with van der Waals surface area (Å²) in [6.45, 7) is 0.0488. The zero-order valence-corrected chi connectivity index (χ0v) is 10.9. The van der Waals surface area contributed by atoms with Crippen LogP contribution in [0, 0.1) is 0 Å². The molecule has 1 aliphatic heterocycles. The maximum atomic E-state index is 11.8. The second-order valence-electron chi connectivity index (χ2n) is 4.35. The van der Waals surface area contributed by atoms with Gasteiger partial charge in [0, 0.05) is 12.6 Å². The van der Waals surface area contributed by atoms with Crippen LogP contribution in [-0.2, 0) is 9.53 Å². The highest BCUT2D eigenvalue weighted by atomic mass is 16.5. The summed E-state index contributed by atoms with van der Waals surface area (Å²) < 4.78 is 15.5.